The summed E-state index contributed by atoms with van der Waals surface area (Å²) < 4.78 is 1.53. The topological polar surface area (TPSA) is 114 Å². The van der Waals surface area contributed by atoms with Gasteiger partial charge in [0.15, 0.2) is 0 Å². The lowest BCUT2D eigenvalue weighted by molar-refractivity contribution is -0.384. The Hall–Kier alpha value is -2.38. The molecule has 0 saturated heterocycles. The minimum absolute atomic E-state index is 0.0488. The molecular formula is C13H19N3O5. The summed E-state index contributed by atoms with van der Waals surface area (Å²) in [6, 6.07) is 0.788. The first kappa shape index (κ1) is 16.7. The molecule has 0 spiro atoms. The minimum atomic E-state index is -0.933. The van der Waals surface area contributed by atoms with Crippen molar-refractivity contribution in [3.8, 4) is 0 Å². The van der Waals surface area contributed by atoms with Gasteiger partial charge in [0, 0.05) is 24.6 Å². The van der Waals surface area contributed by atoms with Crippen molar-refractivity contribution in [2.24, 2.45) is 0 Å². The van der Waals surface area contributed by atoms with Crippen LogP contribution in [0.1, 0.15) is 50.1 Å². The Morgan fingerprint density at radius 3 is 2.52 bits per heavy atom. The van der Waals surface area contributed by atoms with Gasteiger partial charge in [-0.25, -0.2) is 0 Å². The maximum Gasteiger partial charge on any atom is 0.303 e. The normalized spacial score (nSPS) is 12.2. The summed E-state index contributed by atoms with van der Waals surface area (Å²) in [6.07, 6.45) is 1.57. The molecule has 0 radical (unpaired) electrons. The molecule has 1 aromatic rings. The number of carboxylic acid groups (broad SMARTS) is 1. The fraction of sp³-hybridized carbons (Fsp3) is 0.538. The van der Waals surface area contributed by atoms with E-state index in [1.165, 1.54) is 16.8 Å². The van der Waals surface area contributed by atoms with Crippen LogP contribution in [0.4, 0.5) is 5.69 Å². The second kappa shape index (κ2) is 6.87. The predicted octanol–water partition coefficient (Wildman–Crippen LogP) is 1.96. The van der Waals surface area contributed by atoms with Crippen molar-refractivity contribution in [2.45, 2.75) is 45.7 Å². The van der Waals surface area contributed by atoms with Crippen molar-refractivity contribution in [1.82, 2.24) is 9.88 Å². The number of hydrogen-bond donors (Lipinski definition) is 2. The standard InChI is InChI=1S/C13H19N3O5/c1-8(2)15-7-10(16(20)21)6-11(15)13(19)14-9(3)4-5-12(17)18/h6-9H,4-5H2,1-3H3,(H,14,19)(H,17,18). The Labute approximate surface area is 121 Å². The number of aliphatic carboxylic acids is 1. The first-order valence-corrected chi connectivity index (χ1v) is 6.61. The molecule has 21 heavy (non-hydrogen) atoms. The van der Waals surface area contributed by atoms with Gasteiger partial charge in [-0.05, 0) is 27.2 Å². The Morgan fingerprint density at radius 1 is 1.43 bits per heavy atom. The first-order valence-electron chi connectivity index (χ1n) is 6.61. The number of rotatable bonds is 7. The first-order chi connectivity index (χ1) is 9.72. The third kappa shape index (κ3) is 4.59. The zero-order valence-electron chi connectivity index (χ0n) is 12.2. The van der Waals surface area contributed by atoms with Crippen molar-refractivity contribution >= 4 is 17.6 Å². The summed E-state index contributed by atoms with van der Waals surface area (Å²) >= 11 is 0. The van der Waals surface area contributed by atoms with Gasteiger partial charge in [-0.1, -0.05) is 0 Å². The van der Waals surface area contributed by atoms with E-state index < -0.39 is 16.8 Å². The van der Waals surface area contributed by atoms with Gasteiger partial charge in [0.2, 0.25) is 0 Å². The van der Waals surface area contributed by atoms with Crippen molar-refractivity contribution in [3.63, 3.8) is 0 Å². The van der Waals surface area contributed by atoms with Gasteiger partial charge in [-0.2, -0.15) is 0 Å². The molecule has 1 amide bonds. The van der Waals surface area contributed by atoms with E-state index in [1.807, 2.05) is 13.8 Å². The molecule has 1 atom stereocenters. The quantitative estimate of drug-likeness (QED) is 0.589. The summed E-state index contributed by atoms with van der Waals surface area (Å²) in [7, 11) is 0. The van der Waals surface area contributed by atoms with E-state index in [2.05, 4.69) is 5.32 Å². The highest BCUT2D eigenvalue weighted by molar-refractivity contribution is 5.93. The molecule has 0 aliphatic rings. The third-order valence-electron chi connectivity index (χ3n) is 3.00. The number of carbonyl (C=O) groups is 2. The third-order valence-corrected chi connectivity index (χ3v) is 3.00. The lowest BCUT2D eigenvalue weighted by Gasteiger charge is -2.15. The Balaban J connectivity index is 2.86. The molecule has 1 rings (SSSR count). The van der Waals surface area contributed by atoms with Gasteiger partial charge in [0.05, 0.1) is 11.1 Å². The number of amides is 1. The number of carbonyl (C=O) groups excluding carboxylic acids is 1. The molecule has 0 saturated carbocycles. The number of nitrogens with one attached hydrogen (secondary N) is 1. The lowest BCUT2D eigenvalue weighted by Crippen LogP contribution is -2.34. The number of aromatic nitrogens is 1. The van der Waals surface area contributed by atoms with Gasteiger partial charge in [0.25, 0.3) is 11.6 Å². The fourth-order valence-corrected chi connectivity index (χ4v) is 1.88. The van der Waals surface area contributed by atoms with Gasteiger partial charge in [-0.3, -0.25) is 19.7 Å². The molecule has 2 N–H and O–H groups in total. The van der Waals surface area contributed by atoms with E-state index in [-0.39, 0.29) is 29.9 Å². The molecule has 0 bridgehead atoms. The van der Waals surface area contributed by atoms with Crippen LogP contribution in [0.3, 0.4) is 0 Å². The summed E-state index contributed by atoms with van der Waals surface area (Å²) in [4.78, 5) is 32.9. The lowest BCUT2D eigenvalue weighted by atomic mass is 10.2. The zero-order chi connectivity index (χ0) is 16.2. The second-order valence-electron chi connectivity index (χ2n) is 5.15. The van der Waals surface area contributed by atoms with E-state index >= 15 is 0 Å². The average molecular weight is 297 g/mol. The number of carboxylic acids is 1. The van der Waals surface area contributed by atoms with E-state index in [0.717, 1.165) is 0 Å². The van der Waals surface area contributed by atoms with Crippen LogP contribution in [0.2, 0.25) is 0 Å². The number of nitro groups is 1. The highest BCUT2D eigenvalue weighted by Gasteiger charge is 2.21. The zero-order valence-corrected chi connectivity index (χ0v) is 12.2. The molecule has 1 heterocycles. The van der Waals surface area contributed by atoms with Gasteiger partial charge < -0.3 is 15.0 Å². The van der Waals surface area contributed by atoms with Crippen LogP contribution < -0.4 is 5.32 Å². The number of hydrogen-bond acceptors (Lipinski definition) is 4. The monoisotopic (exact) mass is 297 g/mol. The maximum absolute atomic E-state index is 12.2. The van der Waals surface area contributed by atoms with Crippen LogP contribution in [-0.4, -0.2) is 32.5 Å². The molecule has 1 aromatic heterocycles. The molecule has 1 unspecified atom stereocenters. The van der Waals surface area contributed by atoms with Crippen LogP contribution >= 0.6 is 0 Å². The summed E-state index contributed by atoms with van der Waals surface area (Å²) in [5.74, 6) is -1.38. The number of nitrogens with zero attached hydrogens (tertiary/aromatic N) is 2. The SMILES string of the molecule is CC(CCC(=O)O)NC(=O)c1cc([N+](=O)[O-])cn1C(C)C. The molecule has 0 fully saturated rings. The van der Waals surface area contributed by atoms with E-state index in [1.54, 1.807) is 6.92 Å². The van der Waals surface area contributed by atoms with Crippen molar-refractivity contribution in [1.29, 1.82) is 0 Å². The Bertz CT molecular complexity index is 550. The molecular weight excluding hydrogens is 278 g/mol. The smallest absolute Gasteiger partial charge is 0.303 e. The predicted molar refractivity (Wildman–Crippen MR) is 75.3 cm³/mol. The molecule has 8 heteroatoms. The molecule has 0 aromatic carbocycles. The van der Waals surface area contributed by atoms with Gasteiger partial charge in [0.1, 0.15) is 5.69 Å². The highest BCUT2D eigenvalue weighted by Crippen LogP contribution is 2.20. The van der Waals surface area contributed by atoms with E-state index in [0.29, 0.717) is 6.42 Å². The largest absolute Gasteiger partial charge is 0.481 e. The van der Waals surface area contributed by atoms with Crippen molar-refractivity contribution in [2.75, 3.05) is 0 Å². The van der Waals surface area contributed by atoms with Crippen molar-refractivity contribution in [3.05, 3.63) is 28.1 Å². The van der Waals surface area contributed by atoms with Crippen LogP contribution in [0.5, 0.6) is 0 Å². The Morgan fingerprint density at radius 2 is 2.05 bits per heavy atom. The van der Waals surface area contributed by atoms with Crippen LogP contribution in [-0.2, 0) is 4.79 Å². The minimum Gasteiger partial charge on any atom is -0.481 e. The maximum atomic E-state index is 12.2. The van der Waals surface area contributed by atoms with Crippen LogP contribution in [0.15, 0.2) is 12.3 Å². The molecule has 0 aliphatic heterocycles. The van der Waals surface area contributed by atoms with Crippen LogP contribution in [0.25, 0.3) is 0 Å². The van der Waals surface area contributed by atoms with E-state index in [9.17, 15) is 19.7 Å². The molecule has 0 aliphatic carbocycles. The molecule has 116 valence electrons. The summed E-state index contributed by atoms with van der Waals surface area (Å²) in [5.41, 5.74) is 0.0471. The fourth-order valence-electron chi connectivity index (χ4n) is 1.88. The average Bonchev–Trinajstić information content (AvgIpc) is 2.81. The van der Waals surface area contributed by atoms with Crippen molar-refractivity contribution < 1.29 is 19.6 Å². The van der Waals surface area contributed by atoms with Gasteiger partial charge >= 0.3 is 5.97 Å². The highest BCUT2D eigenvalue weighted by atomic mass is 16.6. The molecule has 8 nitrogen and oxygen atoms in total. The Kier molecular flexibility index (Phi) is 5.45. The second-order valence-corrected chi connectivity index (χ2v) is 5.15. The van der Waals surface area contributed by atoms with Gasteiger partial charge in [-0.15, -0.1) is 0 Å². The summed E-state index contributed by atoms with van der Waals surface area (Å²) in [5, 5.41) is 22.1. The van der Waals surface area contributed by atoms with Crippen LogP contribution in [0, 0.1) is 10.1 Å². The summed E-state index contributed by atoms with van der Waals surface area (Å²) in [6.45, 7) is 5.32. The van der Waals surface area contributed by atoms with E-state index in [4.69, 9.17) is 5.11 Å².